The molecule has 0 saturated heterocycles. The molecular formula is C15H25FN2. The quantitative estimate of drug-likeness (QED) is 0.841. The summed E-state index contributed by atoms with van der Waals surface area (Å²) in [6.07, 6.45) is 2.69. The van der Waals surface area contributed by atoms with Crippen LogP contribution < -0.4 is 10.6 Å². The van der Waals surface area contributed by atoms with Crippen LogP contribution in [0.5, 0.6) is 0 Å². The fraction of sp³-hybridized carbons (Fsp3) is 0.600. The summed E-state index contributed by atoms with van der Waals surface area (Å²) in [5, 5.41) is 0. The van der Waals surface area contributed by atoms with Gasteiger partial charge >= 0.3 is 0 Å². The molecule has 0 aromatic heterocycles. The second-order valence-electron chi connectivity index (χ2n) is 5.01. The Balaban J connectivity index is 3.02. The zero-order valence-electron chi connectivity index (χ0n) is 11.9. The first-order valence-electron chi connectivity index (χ1n) is 6.76. The van der Waals surface area contributed by atoms with Crippen LogP contribution in [0.25, 0.3) is 0 Å². The molecule has 0 spiro atoms. The molecule has 0 aliphatic heterocycles. The number of rotatable bonds is 6. The molecule has 1 rings (SSSR count). The third-order valence-corrected chi connectivity index (χ3v) is 3.68. The molecule has 0 bridgehead atoms. The van der Waals surface area contributed by atoms with Gasteiger partial charge in [0.2, 0.25) is 0 Å². The Hall–Kier alpha value is -1.09. The molecule has 0 aliphatic rings. The highest BCUT2D eigenvalue weighted by Gasteiger charge is 2.14. The van der Waals surface area contributed by atoms with Crippen LogP contribution >= 0.6 is 0 Å². The lowest BCUT2D eigenvalue weighted by Gasteiger charge is -2.29. The molecular weight excluding hydrogens is 227 g/mol. The Morgan fingerprint density at radius 2 is 1.94 bits per heavy atom. The highest BCUT2D eigenvalue weighted by atomic mass is 19.1. The van der Waals surface area contributed by atoms with Crippen LogP contribution in [-0.4, -0.2) is 19.1 Å². The van der Waals surface area contributed by atoms with E-state index in [1.54, 1.807) is 6.07 Å². The van der Waals surface area contributed by atoms with Crippen molar-refractivity contribution in [3.63, 3.8) is 0 Å². The first-order valence-corrected chi connectivity index (χ1v) is 6.76. The summed E-state index contributed by atoms with van der Waals surface area (Å²) in [4.78, 5) is 2.21. The van der Waals surface area contributed by atoms with Crippen LogP contribution in [0.15, 0.2) is 18.2 Å². The zero-order chi connectivity index (χ0) is 13.7. The average molecular weight is 252 g/mol. The van der Waals surface area contributed by atoms with Crippen molar-refractivity contribution in [2.45, 2.75) is 52.1 Å². The summed E-state index contributed by atoms with van der Waals surface area (Å²) in [7, 11) is 2.06. The van der Waals surface area contributed by atoms with Gasteiger partial charge in [0, 0.05) is 24.8 Å². The summed E-state index contributed by atoms with van der Waals surface area (Å²) in [6, 6.07) is 5.53. The molecule has 0 aliphatic carbocycles. The summed E-state index contributed by atoms with van der Waals surface area (Å²) in [5.74, 6) is -0.186. The molecule has 102 valence electrons. The first kappa shape index (κ1) is 15.0. The van der Waals surface area contributed by atoms with E-state index in [9.17, 15) is 4.39 Å². The van der Waals surface area contributed by atoms with Crippen LogP contribution in [0.1, 0.15) is 39.2 Å². The molecule has 2 unspecified atom stereocenters. The number of nitrogens with two attached hydrogens (primary N) is 1. The lowest BCUT2D eigenvalue weighted by molar-refractivity contribution is 0.608. The summed E-state index contributed by atoms with van der Waals surface area (Å²) < 4.78 is 13.4. The van der Waals surface area contributed by atoms with Crippen LogP contribution in [0, 0.1) is 5.82 Å². The fourth-order valence-electron chi connectivity index (χ4n) is 2.00. The third-order valence-electron chi connectivity index (χ3n) is 3.68. The second kappa shape index (κ2) is 6.74. The normalized spacial score (nSPS) is 14.3. The maximum absolute atomic E-state index is 13.4. The zero-order valence-corrected chi connectivity index (χ0v) is 11.9. The second-order valence-corrected chi connectivity index (χ2v) is 5.01. The lowest BCUT2D eigenvalue weighted by atomic mass is 10.0. The van der Waals surface area contributed by atoms with Gasteiger partial charge in [-0.25, -0.2) is 4.39 Å². The first-order chi connectivity index (χ1) is 8.49. The van der Waals surface area contributed by atoms with Crippen LogP contribution in [0.4, 0.5) is 10.1 Å². The standard InChI is InChI=1S/C15H25FN2/c1-5-11(3)18(4)15-8-7-13(16)9-12(15)10-14(17)6-2/h7-9,11,14H,5-6,10,17H2,1-4H3. The molecule has 0 heterocycles. The monoisotopic (exact) mass is 252 g/mol. The molecule has 18 heavy (non-hydrogen) atoms. The van der Waals surface area contributed by atoms with Gasteiger partial charge in [-0.1, -0.05) is 13.8 Å². The Kier molecular flexibility index (Phi) is 5.60. The minimum absolute atomic E-state index is 0.0934. The Bertz CT molecular complexity index is 379. The molecule has 0 saturated carbocycles. The molecule has 2 N–H and O–H groups in total. The molecule has 1 aromatic carbocycles. The average Bonchev–Trinajstić information content (AvgIpc) is 2.37. The van der Waals surface area contributed by atoms with Gasteiger partial charge in [-0.15, -0.1) is 0 Å². The molecule has 0 amide bonds. The predicted molar refractivity (Wildman–Crippen MR) is 76.5 cm³/mol. The number of hydrogen-bond donors (Lipinski definition) is 1. The number of halogens is 1. The van der Waals surface area contributed by atoms with Crippen molar-refractivity contribution in [1.29, 1.82) is 0 Å². The topological polar surface area (TPSA) is 29.3 Å². The SMILES string of the molecule is CCC(N)Cc1cc(F)ccc1N(C)C(C)CC. The van der Waals surface area contributed by atoms with Gasteiger partial charge in [0.25, 0.3) is 0 Å². The minimum Gasteiger partial charge on any atom is -0.372 e. The van der Waals surface area contributed by atoms with Crippen molar-refractivity contribution >= 4 is 5.69 Å². The van der Waals surface area contributed by atoms with Crippen molar-refractivity contribution in [3.05, 3.63) is 29.6 Å². The highest BCUT2D eigenvalue weighted by Crippen LogP contribution is 2.24. The van der Waals surface area contributed by atoms with E-state index in [1.807, 2.05) is 6.07 Å². The maximum Gasteiger partial charge on any atom is 0.123 e. The van der Waals surface area contributed by atoms with E-state index in [0.29, 0.717) is 6.04 Å². The van der Waals surface area contributed by atoms with Crippen molar-refractivity contribution in [1.82, 2.24) is 0 Å². The van der Waals surface area contributed by atoms with Crippen LogP contribution in [0.3, 0.4) is 0 Å². The van der Waals surface area contributed by atoms with Crippen molar-refractivity contribution in [2.24, 2.45) is 5.73 Å². The minimum atomic E-state index is -0.186. The van der Waals surface area contributed by atoms with Gasteiger partial charge in [-0.3, -0.25) is 0 Å². The molecule has 2 atom stereocenters. The van der Waals surface area contributed by atoms with Crippen molar-refractivity contribution in [3.8, 4) is 0 Å². The smallest absolute Gasteiger partial charge is 0.123 e. The molecule has 1 aromatic rings. The number of anilines is 1. The third kappa shape index (κ3) is 3.70. The summed E-state index contributed by atoms with van der Waals surface area (Å²) >= 11 is 0. The van der Waals surface area contributed by atoms with Gasteiger partial charge < -0.3 is 10.6 Å². The van der Waals surface area contributed by atoms with Gasteiger partial charge in [0.15, 0.2) is 0 Å². The molecule has 2 nitrogen and oxygen atoms in total. The van der Waals surface area contributed by atoms with Crippen molar-refractivity contribution < 1.29 is 4.39 Å². The van der Waals surface area contributed by atoms with Crippen molar-refractivity contribution in [2.75, 3.05) is 11.9 Å². The van der Waals surface area contributed by atoms with E-state index in [0.717, 1.165) is 30.5 Å². The predicted octanol–water partition coefficient (Wildman–Crippen LogP) is 3.34. The van der Waals surface area contributed by atoms with Crippen LogP contribution in [-0.2, 0) is 6.42 Å². The van der Waals surface area contributed by atoms with Gasteiger partial charge in [0.05, 0.1) is 0 Å². The van der Waals surface area contributed by atoms with E-state index < -0.39 is 0 Å². The number of nitrogens with zero attached hydrogens (tertiary/aromatic N) is 1. The number of hydrogen-bond acceptors (Lipinski definition) is 2. The summed E-state index contributed by atoms with van der Waals surface area (Å²) in [6.45, 7) is 6.39. The van der Waals surface area contributed by atoms with Crippen LogP contribution in [0.2, 0.25) is 0 Å². The maximum atomic E-state index is 13.4. The van der Waals surface area contributed by atoms with E-state index in [2.05, 4.69) is 32.7 Å². The Morgan fingerprint density at radius 3 is 2.50 bits per heavy atom. The van der Waals surface area contributed by atoms with E-state index in [-0.39, 0.29) is 11.9 Å². The molecule has 0 radical (unpaired) electrons. The van der Waals surface area contributed by atoms with E-state index in [1.165, 1.54) is 6.07 Å². The van der Waals surface area contributed by atoms with Gasteiger partial charge in [-0.05, 0) is 49.9 Å². The molecule has 3 heteroatoms. The fourth-order valence-corrected chi connectivity index (χ4v) is 2.00. The van der Waals surface area contributed by atoms with E-state index in [4.69, 9.17) is 5.73 Å². The highest BCUT2D eigenvalue weighted by molar-refractivity contribution is 5.54. The summed E-state index contributed by atoms with van der Waals surface area (Å²) in [5.41, 5.74) is 8.09. The molecule has 0 fully saturated rings. The van der Waals surface area contributed by atoms with E-state index >= 15 is 0 Å². The lowest BCUT2D eigenvalue weighted by Crippen LogP contribution is -2.30. The Labute approximate surface area is 110 Å². The Morgan fingerprint density at radius 1 is 1.28 bits per heavy atom. The van der Waals surface area contributed by atoms with Gasteiger partial charge in [-0.2, -0.15) is 0 Å². The largest absolute Gasteiger partial charge is 0.372 e. The number of benzene rings is 1. The van der Waals surface area contributed by atoms with Gasteiger partial charge in [0.1, 0.15) is 5.82 Å².